The quantitative estimate of drug-likeness (QED) is 0.560. The van der Waals surface area contributed by atoms with Gasteiger partial charge < -0.3 is 19.8 Å². The normalized spacial score (nSPS) is 15.0. The number of alkyl halides is 6. The van der Waals surface area contributed by atoms with Crippen molar-refractivity contribution in [2.75, 3.05) is 39.8 Å². The Morgan fingerprint density at radius 2 is 1.38 bits per heavy atom. The molecule has 1 aliphatic heterocycles. The highest BCUT2D eigenvalue weighted by Gasteiger charge is 2.38. The zero-order chi connectivity index (χ0) is 25.1. The Hall–Kier alpha value is -2.06. The van der Waals surface area contributed by atoms with E-state index in [2.05, 4.69) is 38.7 Å². The van der Waals surface area contributed by atoms with Gasteiger partial charge in [0.05, 0.1) is 7.11 Å². The Bertz CT molecular complexity index is 714. The second-order valence-corrected chi connectivity index (χ2v) is 7.19. The lowest BCUT2D eigenvalue weighted by molar-refractivity contribution is -0.193. The van der Waals surface area contributed by atoms with Crippen molar-refractivity contribution in [3.8, 4) is 5.75 Å². The second kappa shape index (κ2) is 13.5. The number of carboxylic acid groups (broad SMARTS) is 2. The molecule has 184 valence electrons. The minimum Gasteiger partial charge on any atom is -0.496 e. The monoisotopic (exact) mass is 540 g/mol. The third-order valence-corrected chi connectivity index (χ3v) is 4.53. The van der Waals surface area contributed by atoms with E-state index in [0.717, 1.165) is 36.4 Å². The number of carbonyl (C=O) groups is 2. The number of hydrogen-bond donors (Lipinski definition) is 2. The van der Waals surface area contributed by atoms with Crippen molar-refractivity contribution < 1.29 is 50.9 Å². The molecule has 0 spiro atoms. The van der Waals surface area contributed by atoms with E-state index in [1.165, 1.54) is 18.7 Å². The zero-order valence-electron chi connectivity index (χ0n) is 17.1. The Labute approximate surface area is 188 Å². The molecular formula is C18H23BrF6N2O5. The lowest BCUT2D eigenvalue weighted by Gasteiger charge is -2.34. The first kappa shape index (κ1) is 29.9. The molecule has 1 aromatic rings. The van der Waals surface area contributed by atoms with Crippen LogP contribution in [0.25, 0.3) is 0 Å². The molecule has 2 N–H and O–H groups in total. The number of nitrogens with zero attached hydrogens (tertiary/aromatic N) is 2. The smallest absolute Gasteiger partial charge is 0.490 e. The van der Waals surface area contributed by atoms with Crippen LogP contribution in [0.2, 0.25) is 0 Å². The van der Waals surface area contributed by atoms with Crippen LogP contribution in [0.1, 0.15) is 12.5 Å². The number of aliphatic carboxylic acids is 2. The highest BCUT2D eigenvalue weighted by Crippen LogP contribution is 2.24. The van der Waals surface area contributed by atoms with Crippen LogP contribution >= 0.6 is 15.9 Å². The molecule has 0 aromatic heterocycles. The fraction of sp³-hybridized carbons (Fsp3) is 0.556. The van der Waals surface area contributed by atoms with Gasteiger partial charge in [0.2, 0.25) is 0 Å². The van der Waals surface area contributed by atoms with Crippen LogP contribution in [-0.2, 0) is 16.1 Å². The van der Waals surface area contributed by atoms with Crippen molar-refractivity contribution in [3.05, 3.63) is 28.2 Å². The summed E-state index contributed by atoms with van der Waals surface area (Å²) in [6.07, 6.45) is -10.2. The molecule has 14 heteroatoms. The van der Waals surface area contributed by atoms with Gasteiger partial charge in [-0.1, -0.05) is 22.9 Å². The summed E-state index contributed by atoms with van der Waals surface area (Å²) in [7, 11) is 1.74. The minimum atomic E-state index is -5.08. The molecule has 1 aliphatic rings. The Kier molecular flexibility index (Phi) is 12.6. The summed E-state index contributed by atoms with van der Waals surface area (Å²) in [6.45, 7) is 8.99. The molecule has 2 rings (SSSR count). The maximum atomic E-state index is 10.6. The SMILES string of the molecule is CCN1CCN(Cc2cc(Br)ccc2OC)CC1.O=C(O)C(F)(F)F.O=C(O)C(F)(F)F. The van der Waals surface area contributed by atoms with Crippen LogP contribution in [0.4, 0.5) is 26.3 Å². The highest BCUT2D eigenvalue weighted by atomic mass is 79.9. The van der Waals surface area contributed by atoms with Crippen LogP contribution < -0.4 is 4.74 Å². The summed E-state index contributed by atoms with van der Waals surface area (Å²) in [4.78, 5) is 22.8. The van der Waals surface area contributed by atoms with E-state index in [9.17, 15) is 26.3 Å². The van der Waals surface area contributed by atoms with Gasteiger partial charge in [-0.2, -0.15) is 26.3 Å². The van der Waals surface area contributed by atoms with Crippen molar-refractivity contribution in [2.45, 2.75) is 25.8 Å². The molecule has 0 bridgehead atoms. The van der Waals surface area contributed by atoms with E-state index >= 15 is 0 Å². The van der Waals surface area contributed by atoms with Gasteiger partial charge in [0.25, 0.3) is 0 Å². The summed E-state index contributed by atoms with van der Waals surface area (Å²) in [5.74, 6) is -4.53. The molecule has 0 amide bonds. The lowest BCUT2D eigenvalue weighted by atomic mass is 10.1. The third kappa shape index (κ3) is 12.1. The van der Waals surface area contributed by atoms with Crippen molar-refractivity contribution in [1.29, 1.82) is 0 Å². The lowest BCUT2D eigenvalue weighted by Crippen LogP contribution is -2.45. The van der Waals surface area contributed by atoms with Gasteiger partial charge in [0.1, 0.15) is 5.75 Å². The average Bonchev–Trinajstić information content (AvgIpc) is 2.68. The molecule has 0 unspecified atom stereocenters. The van der Waals surface area contributed by atoms with E-state index in [4.69, 9.17) is 24.5 Å². The molecule has 32 heavy (non-hydrogen) atoms. The van der Waals surface area contributed by atoms with Crippen molar-refractivity contribution in [1.82, 2.24) is 9.80 Å². The Balaban J connectivity index is 0.000000570. The standard InChI is InChI=1S/C14H21BrN2O.2C2HF3O2/c1-3-16-6-8-17(9-7-16)11-12-10-13(15)4-5-14(12)18-2;2*3-2(4,5)1(6)7/h4-5,10H,3,6-9,11H2,1-2H3;2*(H,6,7). The number of rotatable bonds is 4. The molecular weight excluding hydrogens is 518 g/mol. The third-order valence-electron chi connectivity index (χ3n) is 4.03. The van der Waals surface area contributed by atoms with E-state index in [-0.39, 0.29) is 0 Å². The van der Waals surface area contributed by atoms with E-state index in [0.29, 0.717) is 0 Å². The molecule has 1 saturated heterocycles. The second-order valence-electron chi connectivity index (χ2n) is 6.27. The van der Waals surface area contributed by atoms with Crippen molar-refractivity contribution in [3.63, 3.8) is 0 Å². The summed E-state index contributed by atoms with van der Waals surface area (Å²) < 4.78 is 70.0. The highest BCUT2D eigenvalue weighted by molar-refractivity contribution is 9.10. The predicted molar refractivity (Wildman–Crippen MR) is 105 cm³/mol. The number of halogens is 7. The predicted octanol–water partition coefficient (Wildman–Crippen LogP) is 3.86. The van der Waals surface area contributed by atoms with Crippen molar-refractivity contribution in [2.24, 2.45) is 0 Å². The first-order valence-electron chi connectivity index (χ1n) is 8.99. The Morgan fingerprint density at radius 1 is 0.969 bits per heavy atom. The van der Waals surface area contributed by atoms with Gasteiger partial charge in [-0.25, -0.2) is 9.59 Å². The maximum absolute atomic E-state index is 10.6. The van der Waals surface area contributed by atoms with Gasteiger partial charge in [0.15, 0.2) is 0 Å². The number of ether oxygens (including phenoxy) is 1. The number of benzene rings is 1. The summed E-state index contributed by atoms with van der Waals surface area (Å²) >= 11 is 3.53. The number of methoxy groups -OCH3 is 1. The van der Waals surface area contributed by atoms with Crippen molar-refractivity contribution >= 4 is 27.9 Å². The minimum absolute atomic E-state index is 0.972. The van der Waals surface area contributed by atoms with Gasteiger partial charge in [0, 0.05) is 42.8 Å². The van der Waals surface area contributed by atoms with Crippen LogP contribution in [-0.4, -0.2) is 84.1 Å². The summed E-state index contributed by atoms with van der Waals surface area (Å²) in [5, 5.41) is 14.2. The van der Waals surface area contributed by atoms with Gasteiger partial charge in [-0.3, -0.25) is 4.90 Å². The molecule has 1 heterocycles. The molecule has 0 aliphatic carbocycles. The molecule has 0 radical (unpaired) electrons. The fourth-order valence-electron chi connectivity index (χ4n) is 2.38. The first-order chi connectivity index (χ1) is 14.6. The van der Waals surface area contributed by atoms with E-state index < -0.39 is 24.3 Å². The van der Waals surface area contributed by atoms with Gasteiger partial charge in [-0.15, -0.1) is 0 Å². The Morgan fingerprint density at radius 3 is 1.72 bits per heavy atom. The number of likely N-dealkylation sites (N-methyl/N-ethyl adjacent to an activating group) is 1. The number of hydrogen-bond acceptors (Lipinski definition) is 5. The maximum Gasteiger partial charge on any atom is 0.490 e. The van der Waals surface area contributed by atoms with Crippen LogP contribution in [0.5, 0.6) is 5.75 Å². The fourth-order valence-corrected chi connectivity index (χ4v) is 2.78. The molecule has 0 saturated carbocycles. The van der Waals surface area contributed by atoms with Crippen LogP contribution in [0, 0.1) is 0 Å². The van der Waals surface area contributed by atoms with Gasteiger partial charge in [-0.05, 0) is 24.7 Å². The van der Waals surface area contributed by atoms with Gasteiger partial charge >= 0.3 is 24.3 Å². The van der Waals surface area contributed by atoms with E-state index in [1.807, 2.05) is 12.1 Å². The summed E-state index contributed by atoms with van der Waals surface area (Å²) in [5.41, 5.74) is 1.26. The zero-order valence-corrected chi connectivity index (χ0v) is 18.7. The molecule has 1 aromatic carbocycles. The summed E-state index contributed by atoms with van der Waals surface area (Å²) in [6, 6.07) is 6.21. The number of carboxylic acids is 2. The van der Waals surface area contributed by atoms with Crippen LogP contribution in [0.3, 0.4) is 0 Å². The van der Waals surface area contributed by atoms with E-state index in [1.54, 1.807) is 7.11 Å². The number of piperazine rings is 1. The molecule has 1 fully saturated rings. The topological polar surface area (TPSA) is 90.3 Å². The molecule has 0 atom stereocenters. The molecule has 7 nitrogen and oxygen atoms in total. The average molecular weight is 541 g/mol. The first-order valence-corrected chi connectivity index (χ1v) is 9.78. The largest absolute Gasteiger partial charge is 0.496 e. The van der Waals surface area contributed by atoms with Crippen LogP contribution in [0.15, 0.2) is 22.7 Å².